The van der Waals surface area contributed by atoms with Crippen molar-refractivity contribution >= 4 is 17.7 Å². The van der Waals surface area contributed by atoms with E-state index in [2.05, 4.69) is 25.9 Å². The van der Waals surface area contributed by atoms with Gasteiger partial charge in [0.05, 0.1) is 16.9 Å². The monoisotopic (exact) mass is 580 g/mol. The molecule has 0 aliphatic heterocycles. The minimum Gasteiger partial charge on any atom is -0.474 e. The van der Waals surface area contributed by atoms with Crippen molar-refractivity contribution in [3.05, 3.63) is 64.5 Å². The number of hydrogen-bond donors (Lipinski definition) is 4. The number of pyridine rings is 2. The molecule has 8 nitrogen and oxygen atoms in total. The molecule has 3 rings (SSSR count). The third kappa shape index (κ3) is 7.67. The number of anilines is 2. The molecule has 0 amide bonds. The Labute approximate surface area is 234 Å². The lowest BCUT2D eigenvalue weighted by Gasteiger charge is -2.23. The highest BCUT2D eigenvalue weighted by atomic mass is 19.4. The maximum Gasteiger partial charge on any atom is 0.417 e. The first-order valence-corrected chi connectivity index (χ1v) is 13.0. The fraction of sp³-hybridized carbons (Fsp3) is 0.393. The number of aldehydes is 1. The molecule has 1 unspecified atom stereocenters. The van der Waals surface area contributed by atoms with Gasteiger partial charge in [0.2, 0.25) is 5.88 Å². The van der Waals surface area contributed by atoms with E-state index in [1.807, 2.05) is 14.0 Å². The summed E-state index contributed by atoms with van der Waals surface area (Å²) in [6.07, 6.45) is -1.26. The van der Waals surface area contributed by atoms with E-state index in [0.717, 1.165) is 13.5 Å². The first-order valence-electron chi connectivity index (χ1n) is 13.0. The number of rotatable bonds is 14. The van der Waals surface area contributed by atoms with E-state index in [1.165, 1.54) is 12.4 Å². The molecule has 222 valence electrons. The zero-order chi connectivity index (χ0) is 30.2. The second kappa shape index (κ2) is 14.2. The van der Waals surface area contributed by atoms with Gasteiger partial charge in [0, 0.05) is 37.6 Å². The molecule has 2 aromatic heterocycles. The van der Waals surface area contributed by atoms with E-state index >= 15 is 4.39 Å². The molecule has 1 aromatic carbocycles. The van der Waals surface area contributed by atoms with Crippen molar-refractivity contribution in [2.24, 2.45) is 0 Å². The SMILES string of the molecule is CCC(CCNCCNC)Oc1nc(-c2cc(N)c(F)c(C)c2C(F)(F)F)c(F)c(NCc2cccnc2)c1C=O. The number of nitrogens with zero attached hydrogens (tertiary/aromatic N) is 2. The lowest BCUT2D eigenvalue weighted by Crippen LogP contribution is -2.29. The number of nitrogens with two attached hydrogens (primary N) is 1. The fourth-order valence-electron chi connectivity index (χ4n) is 4.28. The number of nitrogens with one attached hydrogen (secondary N) is 3. The van der Waals surface area contributed by atoms with Gasteiger partial charge in [0.25, 0.3) is 0 Å². The maximum absolute atomic E-state index is 16.1. The number of carbonyl (C=O) groups excluding carboxylic acids is 1. The average Bonchev–Trinajstić information content (AvgIpc) is 2.94. The van der Waals surface area contributed by atoms with Crippen LogP contribution in [-0.4, -0.2) is 49.0 Å². The van der Waals surface area contributed by atoms with Gasteiger partial charge < -0.3 is 26.4 Å². The summed E-state index contributed by atoms with van der Waals surface area (Å²) in [5.74, 6) is -2.88. The smallest absolute Gasteiger partial charge is 0.417 e. The maximum atomic E-state index is 16.1. The molecule has 0 aliphatic rings. The molecule has 0 radical (unpaired) electrons. The number of halogens is 5. The largest absolute Gasteiger partial charge is 0.474 e. The van der Waals surface area contributed by atoms with Gasteiger partial charge >= 0.3 is 6.18 Å². The number of nitrogen functional groups attached to an aromatic ring is 1. The fourth-order valence-corrected chi connectivity index (χ4v) is 4.28. The second-order valence-electron chi connectivity index (χ2n) is 9.32. The summed E-state index contributed by atoms with van der Waals surface area (Å²) >= 11 is 0. The number of aromatic nitrogens is 2. The van der Waals surface area contributed by atoms with Crippen molar-refractivity contribution in [2.45, 2.75) is 45.5 Å². The van der Waals surface area contributed by atoms with Crippen LogP contribution < -0.4 is 26.4 Å². The van der Waals surface area contributed by atoms with Gasteiger partial charge in [-0.25, -0.2) is 13.8 Å². The molecule has 1 atom stereocenters. The van der Waals surface area contributed by atoms with Crippen molar-refractivity contribution in [1.29, 1.82) is 0 Å². The van der Waals surface area contributed by atoms with Crippen LogP contribution in [-0.2, 0) is 12.7 Å². The van der Waals surface area contributed by atoms with Gasteiger partial charge in [0.1, 0.15) is 23.2 Å². The summed E-state index contributed by atoms with van der Waals surface area (Å²) in [5.41, 5.74) is 1.14. The van der Waals surface area contributed by atoms with Crippen LogP contribution in [0.15, 0.2) is 30.6 Å². The zero-order valence-electron chi connectivity index (χ0n) is 23.0. The van der Waals surface area contributed by atoms with Crippen molar-refractivity contribution < 1.29 is 31.5 Å². The second-order valence-corrected chi connectivity index (χ2v) is 9.32. The summed E-state index contributed by atoms with van der Waals surface area (Å²) in [5, 5.41) is 9.01. The Kier molecular flexibility index (Phi) is 11.0. The van der Waals surface area contributed by atoms with E-state index < -0.39 is 57.7 Å². The number of likely N-dealkylation sites (N-methyl/N-ethyl adjacent to an activating group) is 1. The predicted molar refractivity (Wildman–Crippen MR) is 147 cm³/mol. The first-order chi connectivity index (χ1) is 19.5. The van der Waals surface area contributed by atoms with Gasteiger partial charge in [0.15, 0.2) is 12.1 Å². The Hall–Kier alpha value is -3.84. The van der Waals surface area contributed by atoms with E-state index in [1.54, 1.807) is 12.1 Å². The topological polar surface area (TPSA) is 114 Å². The Bertz CT molecular complexity index is 1340. The van der Waals surface area contributed by atoms with Crippen LogP contribution in [0.2, 0.25) is 0 Å². The molecule has 0 fully saturated rings. The van der Waals surface area contributed by atoms with Crippen molar-refractivity contribution in [3.63, 3.8) is 0 Å². The molecule has 0 bridgehead atoms. The molecule has 2 heterocycles. The minimum absolute atomic E-state index is 0.0161. The predicted octanol–water partition coefficient (Wildman–Crippen LogP) is 5.11. The van der Waals surface area contributed by atoms with Gasteiger partial charge in [-0.05, 0) is 56.6 Å². The Balaban J connectivity index is 2.17. The van der Waals surface area contributed by atoms with Crippen LogP contribution >= 0.6 is 0 Å². The van der Waals surface area contributed by atoms with E-state index in [0.29, 0.717) is 43.8 Å². The zero-order valence-corrected chi connectivity index (χ0v) is 23.0. The van der Waals surface area contributed by atoms with Gasteiger partial charge in [-0.15, -0.1) is 0 Å². The number of carbonyl (C=O) groups is 1. The standard InChI is InChI=1S/C28H33F5N6O2/c1-4-18(7-9-36-11-10-35-3)41-27-20(15-40)25(38-14-17-6-5-8-37-13-17)24(30)26(39-27)19-12-21(34)23(29)16(2)22(19)28(31,32)33/h5-6,8,12-13,15,18,35-36H,4,7,9-11,14,34H2,1-3H3,(H,38,39). The molecule has 5 N–H and O–H groups in total. The summed E-state index contributed by atoms with van der Waals surface area (Å²) in [6, 6.07) is 4.03. The number of alkyl halides is 3. The lowest BCUT2D eigenvalue weighted by atomic mass is 9.95. The number of ether oxygens (including phenoxy) is 1. The molecule has 3 aromatic rings. The van der Waals surface area contributed by atoms with Crippen molar-refractivity contribution in [2.75, 3.05) is 37.7 Å². The molecule has 41 heavy (non-hydrogen) atoms. The van der Waals surface area contributed by atoms with E-state index in [9.17, 15) is 22.4 Å². The molecule has 0 spiro atoms. The van der Waals surface area contributed by atoms with Crippen LogP contribution in [0.5, 0.6) is 5.88 Å². The summed E-state index contributed by atoms with van der Waals surface area (Å²) in [4.78, 5) is 20.3. The molecule has 0 saturated heterocycles. The van der Waals surface area contributed by atoms with E-state index in [-0.39, 0.29) is 18.0 Å². The van der Waals surface area contributed by atoms with E-state index in [4.69, 9.17) is 10.5 Å². The van der Waals surface area contributed by atoms with Gasteiger partial charge in [-0.3, -0.25) is 9.78 Å². The molecular formula is C28H33F5N6O2. The van der Waals surface area contributed by atoms with Crippen LogP contribution in [0.3, 0.4) is 0 Å². The Morgan fingerprint density at radius 1 is 1.17 bits per heavy atom. The van der Waals surface area contributed by atoms with Gasteiger partial charge in [-0.1, -0.05) is 13.0 Å². The average molecular weight is 581 g/mol. The summed E-state index contributed by atoms with van der Waals surface area (Å²) < 4.78 is 79.1. The van der Waals surface area contributed by atoms with Crippen LogP contribution in [0, 0.1) is 18.6 Å². The molecular weight excluding hydrogens is 547 g/mol. The highest BCUT2D eigenvalue weighted by Gasteiger charge is 2.39. The number of hydrogen-bond acceptors (Lipinski definition) is 8. The third-order valence-corrected chi connectivity index (χ3v) is 6.44. The summed E-state index contributed by atoms with van der Waals surface area (Å²) in [7, 11) is 1.82. The summed E-state index contributed by atoms with van der Waals surface area (Å²) in [6.45, 7) is 4.70. The Morgan fingerprint density at radius 3 is 2.54 bits per heavy atom. The van der Waals surface area contributed by atoms with Crippen LogP contribution in [0.1, 0.15) is 46.8 Å². The van der Waals surface area contributed by atoms with Crippen molar-refractivity contribution in [1.82, 2.24) is 20.6 Å². The van der Waals surface area contributed by atoms with Crippen LogP contribution in [0.4, 0.5) is 33.3 Å². The van der Waals surface area contributed by atoms with Crippen molar-refractivity contribution in [3.8, 4) is 17.1 Å². The molecule has 13 heteroatoms. The highest BCUT2D eigenvalue weighted by molar-refractivity contribution is 5.90. The third-order valence-electron chi connectivity index (χ3n) is 6.44. The first kappa shape index (κ1) is 31.7. The minimum atomic E-state index is -5.07. The van der Waals surface area contributed by atoms with Crippen LogP contribution in [0.25, 0.3) is 11.3 Å². The Morgan fingerprint density at radius 2 is 1.93 bits per heavy atom. The number of benzene rings is 1. The quantitative estimate of drug-likeness (QED) is 0.0901. The van der Waals surface area contributed by atoms with Gasteiger partial charge in [-0.2, -0.15) is 13.2 Å². The molecule has 0 saturated carbocycles. The normalized spacial score (nSPS) is 12.3. The lowest BCUT2D eigenvalue weighted by molar-refractivity contribution is -0.137. The highest BCUT2D eigenvalue weighted by Crippen LogP contribution is 2.44. The molecule has 0 aliphatic carbocycles.